The van der Waals surface area contributed by atoms with Crippen LogP contribution in [0.4, 0.5) is 23.2 Å². The standard InChI is InChI=1S/C26H18ClF4NO4/c1-13-11-18(24(36-2)19(27)12-13)22(33)20-21(14-3-7-16(28)8-4-14)32(25(35)23(20)34)17-9-5-15(6-10-17)26(29,30)31/h3-12,21,33H,1-2H3/b22-20+. The molecule has 1 heterocycles. The number of Topliss-reactive ketones (excluding diaryl/α,β-unsaturated/α-hetero) is 1. The Balaban J connectivity index is 1.96. The second-order valence-electron chi connectivity index (χ2n) is 8.09. The first kappa shape index (κ1) is 25.2. The van der Waals surface area contributed by atoms with Crippen molar-refractivity contribution in [3.63, 3.8) is 0 Å². The van der Waals surface area contributed by atoms with E-state index >= 15 is 0 Å². The molecule has 0 aliphatic carbocycles. The molecule has 5 nitrogen and oxygen atoms in total. The fraction of sp³-hybridized carbons (Fsp3) is 0.154. The summed E-state index contributed by atoms with van der Waals surface area (Å²) in [6.07, 6.45) is -4.61. The van der Waals surface area contributed by atoms with Gasteiger partial charge < -0.3 is 9.84 Å². The summed E-state index contributed by atoms with van der Waals surface area (Å²) < 4.78 is 58.2. The van der Waals surface area contributed by atoms with Crippen LogP contribution in [-0.2, 0) is 15.8 Å². The summed E-state index contributed by atoms with van der Waals surface area (Å²) in [6.45, 7) is 1.69. The number of carbonyl (C=O) groups is 2. The number of methoxy groups -OCH3 is 1. The van der Waals surface area contributed by atoms with E-state index in [1.54, 1.807) is 13.0 Å². The van der Waals surface area contributed by atoms with Crippen LogP contribution in [0.3, 0.4) is 0 Å². The molecule has 3 aromatic carbocycles. The maximum absolute atomic E-state index is 13.7. The number of anilines is 1. The second kappa shape index (κ2) is 9.31. The Morgan fingerprint density at radius 3 is 2.19 bits per heavy atom. The molecule has 1 amide bonds. The Labute approximate surface area is 208 Å². The molecule has 36 heavy (non-hydrogen) atoms. The zero-order chi connectivity index (χ0) is 26.4. The molecule has 1 fully saturated rings. The number of rotatable bonds is 4. The third-order valence-corrected chi connectivity index (χ3v) is 6.03. The lowest BCUT2D eigenvalue weighted by atomic mass is 9.94. The summed E-state index contributed by atoms with van der Waals surface area (Å²) >= 11 is 6.24. The van der Waals surface area contributed by atoms with Crippen molar-refractivity contribution in [1.29, 1.82) is 0 Å². The van der Waals surface area contributed by atoms with Crippen LogP contribution in [-0.4, -0.2) is 23.9 Å². The van der Waals surface area contributed by atoms with Gasteiger partial charge in [0.15, 0.2) is 0 Å². The van der Waals surface area contributed by atoms with Gasteiger partial charge in [0.05, 0.1) is 34.9 Å². The Morgan fingerprint density at radius 1 is 1.03 bits per heavy atom. The number of hydrogen-bond donors (Lipinski definition) is 1. The van der Waals surface area contributed by atoms with Crippen LogP contribution in [0.2, 0.25) is 5.02 Å². The number of nitrogens with zero attached hydrogens (tertiary/aromatic N) is 1. The predicted molar refractivity (Wildman–Crippen MR) is 125 cm³/mol. The first-order valence-electron chi connectivity index (χ1n) is 10.5. The van der Waals surface area contributed by atoms with Crippen LogP contribution in [0.25, 0.3) is 5.76 Å². The molecule has 0 bridgehead atoms. The molecule has 1 unspecified atom stereocenters. The topological polar surface area (TPSA) is 66.8 Å². The Morgan fingerprint density at radius 2 is 1.64 bits per heavy atom. The van der Waals surface area contributed by atoms with Crippen molar-refractivity contribution < 1.29 is 37.0 Å². The normalized spacial score (nSPS) is 17.5. The highest BCUT2D eigenvalue weighted by molar-refractivity contribution is 6.51. The van der Waals surface area contributed by atoms with Crippen LogP contribution in [0, 0.1) is 12.7 Å². The first-order chi connectivity index (χ1) is 16.9. The number of halogens is 5. The Hall–Kier alpha value is -3.85. The number of alkyl halides is 3. The van der Waals surface area contributed by atoms with E-state index in [1.165, 1.54) is 25.3 Å². The number of ketones is 1. The molecule has 0 aromatic heterocycles. The second-order valence-corrected chi connectivity index (χ2v) is 8.50. The number of ether oxygens (including phenoxy) is 1. The molecule has 1 aliphatic heterocycles. The van der Waals surface area contributed by atoms with Crippen LogP contribution < -0.4 is 9.64 Å². The molecular formula is C26H18ClF4NO4. The van der Waals surface area contributed by atoms with Crippen molar-refractivity contribution in [3.8, 4) is 5.75 Å². The van der Waals surface area contributed by atoms with Gasteiger partial charge in [-0.05, 0) is 66.6 Å². The minimum atomic E-state index is -4.61. The molecule has 0 radical (unpaired) electrons. The third kappa shape index (κ3) is 4.42. The fourth-order valence-electron chi connectivity index (χ4n) is 4.13. The van der Waals surface area contributed by atoms with Gasteiger partial charge >= 0.3 is 6.18 Å². The minimum Gasteiger partial charge on any atom is -0.507 e. The fourth-order valence-corrected chi connectivity index (χ4v) is 4.48. The summed E-state index contributed by atoms with van der Waals surface area (Å²) in [6, 6.07) is 10.3. The number of carbonyl (C=O) groups excluding carboxylic acids is 2. The monoisotopic (exact) mass is 519 g/mol. The summed E-state index contributed by atoms with van der Waals surface area (Å²) in [5.74, 6) is -3.29. The van der Waals surface area contributed by atoms with Crippen LogP contribution in [0.15, 0.2) is 66.2 Å². The van der Waals surface area contributed by atoms with Crippen molar-refractivity contribution in [1.82, 2.24) is 0 Å². The van der Waals surface area contributed by atoms with Crippen LogP contribution in [0.5, 0.6) is 5.75 Å². The van der Waals surface area contributed by atoms with Crippen molar-refractivity contribution in [3.05, 3.63) is 99.3 Å². The van der Waals surface area contributed by atoms with Crippen molar-refractivity contribution in [2.45, 2.75) is 19.1 Å². The van der Waals surface area contributed by atoms with E-state index in [9.17, 15) is 32.3 Å². The highest BCUT2D eigenvalue weighted by atomic mass is 35.5. The zero-order valence-corrected chi connectivity index (χ0v) is 19.6. The smallest absolute Gasteiger partial charge is 0.416 e. The van der Waals surface area contributed by atoms with Crippen LogP contribution >= 0.6 is 11.6 Å². The van der Waals surface area contributed by atoms with E-state index in [2.05, 4.69) is 0 Å². The molecule has 0 saturated carbocycles. The molecule has 0 spiro atoms. The van der Waals surface area contributed by atoms with Gasteiger partial charge in [0.1, 0.15) is 17.3 Å². The number of benzene rings is 3. The number of aryl methyl sites for hydroxylation is 1. The highest BCUT2D eigenvalue weighted by Crippen LogP contribution is 2.45. The number of aliphatic hydroxyl groups excluding tert-OH is 1. The van der Waals surface area contributed by atoms with Gasteiger partial charge in [-0.2, -0.15) is 13.2 Å². The van der Waals surface area contributed by atoms with Crippen molar-refractivity contribution in [2.24, 2.45) is 0 Å². The lowest BCUT2D eigenvalue weighted by Crippen LogP contribution is -2.29. The van der Waals surface area contributed by atoms with Gasteiger partial charge in [0.25, 0.3) is 11.7 Å². The zero-order valence-electron chi connectivity index (χ0n) is 18.9. The van der Waals surface area contributed by atoms with Gasteiger partial charge in [-0.25, -0.2) is 4.39 Å². The lowest BCUT2D eigenvalue weighted by Gasteiger charge is -2.26. The molecule has 3 aromatic rings. The summed E-state index contributed by atoms with van der Waals surface area (Å²) in [4.78, 5) is 27.3. The molecule has 1 N–H and O–H groups in total. The summed E-state index contributed by atoms with van der Waals surface area (Å²) in [7, 11) is 1.31. The average Bonchev–Trinajstić information content (AvgIpc) is 3.08. The number of amides is 1. The van der Waals surface area contributed by atoms with E-state index in [4.69, 9.17) is 16.3 Å². The first-order valence-corrected chi connectivity index (χ1v) is 10.9. The molecular weight excluding hydrogens is 502 g/mol. The van der Waals surface area contributed by atoms with E-state index < -0.39 is 41.0 Å². The molecule has 10 heteroatoms. The predicted octanol–water partition coefficient (Wildman–Crippen LogP) is 6.44. The molecule has 186 valence electrons. The molecule has 4 rings (SSSR count). The van der Waals surface area contributed by atoms with Gasteiger partial charge in [0.2, 0.25) is 0 Å². The van der Waals surface area contributed by atoms with Gasteiger partial charge in [-0.1, -0.05) is 23.7 Å². The van der Waals surface area contributed by atoms with E-state index in [-0.39, 0.29) is 33.2 Å². The molecule has 1 saturated heterocycles. The highest BCUT2D eigenvalue weighted by Gasteiger charge is 2.47. The van der Waals surface area contributed by atoms with Crippen molar-refractivity contribution in [2.75, 3.05) is 12.0 Å². The minimum absolute atomic E-state index is 0.0206. The Bertz CT molecular complexity index is 1380. The van der Waals surface area contributed by atoms with Gasteiger partial charge in [0, 0.05) is 5.69 Å². The molecule has 1 atom stereocenters. The van der Waals surface area contributed by atoms with E-state index in [0.29, 0.717) is 5.56 Å². The maximum Gasteiger partial charge on any atom is 0.416 e. The molecule has 1 aliphatic rings. The Kier molecular flexibility index (Phi) is 6.53. The average molecular weight is 520 g/mol. The summed E-state index contributed by atoms with van der Waals surface area (Å²) in [5, 5.41) is 11.4. The number of aliphatic hydroxyl groups is 1. The summed E-state index contributed by atoms with van der Waals surface area (Å²) in [5.41, 5.74) is -0.410. The quantitative estimate of drug-likeness (QED) is 0.186. The number of hydrogen-bond acceptors (Lipinski definition) is 4. The third-order valence-electron chi connectivity index (χ3n) is 5.75. The lowest BCUT2D eigenvalue weighted by molar-refractivity contribution is -0.137. The van der Waals surface area contributed by atoms with E-state index in [0.717, 1.165) is 41.3 Å². The van der Waals surface area contributed by atoms with Crippen molar-refractivity contribution >= 4 is 34.7 Å². The largest absolute Gasteiger partial charge is 0.507 e. The van der Waals surface area contributed by atoms with Gasteiger partial charge in [-0.15, -0.1) is 0 Å². The maximum atomic E-state index is 13.7. The van der Waals surface area contributed by atoms with Crippen LogP contribution in [0.1, 0.15) is 28.3 Å². The van der Waals surface area contributed by atoms with E-state index in [1.807, 2.05) is 0 Å². The van der Waals surface area contributed by atoms with Gasteiger partial charge in [-0.3, -0.25) is 14.5 Å². The SMILES string of the molecule is COc1c(Cl)cc(C)cc1/C(O)=C1\C(=O)C(=O)N(c2ccc(C(F)(F)F)cc2)C1c1ccc(F)cc1.